The summed E-state index contributed by atoms with van der Waals surface area (Å²) in [4.78, 5) is 23.0. The van der Waals surface area contributed by atoms with Crippen molar-refractivity contribution in [1.29, 1.82) is 0 Å². The number of rotatable bonds is 5. The maximum atomic E-state index is 12.4. The molecule has 2 aromatic rings. The Bertz CT molecular complexity index is 678. The Morgan fingerprint density at radius 2 is 2.25 bits per heavy atom. The summed E-state index contributed by atoms with van der Waals surface area (Å²) in [7, 11) is 1.62. The fourth-order valence-electron chi connectivity index (χ4n) is 3.06. The predicted octanol–water partition coefficient (Wildman–Crippen LogP) is 1.81. The van der Waals surface area contributed by atoms with Crippen molar-refractivity contribution in [2.75, 3.05) is 25.1 Å². The van der Waals surface area contributed by atoms with Crippen LogP contribution in [0.3, 0.4) is 0 Å². The average Bonchev–Trinajstić information content (AvgIpc) is 2.63. The molecule has 2 heterocycles. The first kappa shape index (κ1) is 16.2. The van der Waals surface area contributed by atoms with Crippen LogP contribution in [0.15, 0.2) is 42.9 Å². The number of methoxy groups -OCH3 is 1. The van der Waals surface area contributed by atoms with Gasteiger partial charge in [-0.25, -0.2) is 4.98 Å². The van der Waals surface area contributed by atoms with Gasteiger partial charge in [-0.2, -0.15) is 0 Å². The van der Waals surface area contributed by atoms with Crippen LogP contribution >= 0.6 is 0 Å². The minimum Gasteiger partial charge on any atom is -0.496 e. The standard InChI is InChI=1S/C18H22N4O2/c1-24-16-7-3-2-5-14(16)11-18(23)21-15-6-4-10-22(13-15)17-12-19-8-9-20-17/h2-3,5,7-9,12,15H,4,6,10-11,13H2,1H3,(H,21,23). The number of carbonyl (C=O) groups excluding carboxylic acids is 1. The summed E-state index contributed by atoms with van der Waals surface area (Å²) in [6, 6.07) is 7.74. The summed E-state index contributed by atoms with van der Waals surface area (Å²) in [5.74, 6) is 1.63. The molecule has 0 bridgehead atoms. The maximum Gasteiger partial charge on any atom is 0.224 e. The van der Waals surface area contributed by atoms with Gasteiger partial charge in [-0.1, -0.05) is 18.2 Å². The van der Waals surface area contributed by atoms with Gasteiger partial charge in [0.1, 0.15) is 11.6 Å². The lowest BCUT2D eigenvalue weighted by Crippen LogP contribution is -2.48. The number of ether oxygens (including phenoxy) is 1. The third kappa shape index (κ3) is 4.01. The van der Waals surface area contributed by atoms with Crippen molar-refractivity contribution in [3.8, 4) is 5.75 Å². The molecule has 1 saturated heterocycles. The van der Waals surface area contributed by atoms with Crippen LogP contribution in [0, 0.1) is 0 Å². The molecule has 1 aliphatic heterocycles. The molecule has 1 aromatic heterocycles. The van der Waals surface area contributed by atoms with Crippen LogP contribution in [0.1, 0.15) is 18.4 Å². The van der Waals surface area contributed by atoms with Gasteiger partial charge in [-0.15, -0.1) is 0 Å². The van der Waals surface area contributed by atoms with Crippen molar-refractivity contribution < 1.29 is 9.53 Å². The van der Waals surface area contributed by atoms with Gasteiger partial charge in [0.25, 0.3) is 0 Å². The van der Waals surface area contributed by atoms with Crippen LogP contribution < -0.4 is 15.0 Å². The van der Waals surface area contributed by atoms with E-state index >= 15 is 0 Å². The van der Waals surface area contributed by atoms with Gasteiger partial charge < -0.3 is 15.0 Å². The Kier molecular flexibility index (Phi) is 5.25. The molecule has 0 radical (unpaired) electrons. The van der Waals surface area contributed by atoms with Crippen LogP contribution in [-0.2, 0) is 11.2 Å². The Balaban J connectivity index is 1.58. The second-order valence-corrected chi connectivity index (χ2v) is 5.90. The van der Waals surface area contributed by atoms with Crippen molar-refractivity contribution >= 4 is 11.7 Å². The van der Waals surface area contributed by atoms with Crippen molar-refractivity contribution in [3.63, 3.8) is 0 Å². The van der Waals surface area contributed by atoms with E-state index in [1.54, 1.807) is 25.7 Å². The number of carbonyl (C=O) groups is 1. The van der Waals surface area contributed by atoms with Crippen molar-refractivity contribution in [2.24, 2.45) is 0 Å². The van der Waals surface area contributed by atoms with E-state index in [2.05, 4.69) is 20.2 Å². The molecule has 0 saturated carbocycles. The van der Waals surface area contributed by atoms with Crippen LogP contribution in [-0.4, -0.2) is 42.1 Å². The summed E-state index contributed by atoms with van der Waals surface area (Å²) >= 11 is 0. The number of aromatic nitrogens is 2. The number of hydrogen-bond acceptors (Lipinski definition) is 5. The first-order valence-electron chi connectivity index (χ1n) is 8.18. The number of para-hydroxylation sites is 1. The highest BCUT2D eigenvalue weighted by atomic mass is 16.5. The summed E-state index contributed by atoms with van der Waals surface area (Å²) in [5.41, 5.74) is 0.902. The van der Waals surface area contributed by atoms with E-state index < -0.39 is 0 Å². The predicted molar refractivity (Wildman–Crippen MR) is 92.1 cm³/mol. The fraction of sp³-hybridized carbons (Fsp3) is 0.389. The lowest BCUT2D eigenvalue weighted by atomic mass is 10.0. The largest absolute Gasteiger partial charge is 0.496 e. The Morgan fingerprint density at radius 1 is 1.38 bits per heavy atom. The number of anilines is 1. The summed E-state index contributed by atoms with van der Waals surface area (Å²) in [6.45, 7) is 1.70. The molecule has 0 aliphatic carbocycles. The minimum atomic E-state index is 0.0190. The summed E-state index contributed by atoms with van der Waals surface area (Å²) in [6.07, 6.45) is 7.45. The van der Waals surface area contributed by atoms with E-state index in [4.69, 9.17) is 4.74 Å². The first-order chi connectivity index (χ1) is 11.8. The molecule has 6 nitrogen and oxygen atoms in total. The Hall–Kier alpha value is -2.63. The number of amides is 1. The zero-order valence-electron chi connectivity index (χ0n) is 13.8. The van der Waals surface area contributed by atoms with E-state index in [0.717, 1.165) is 43.1 Å². The Morgan fingerprint density at radius 3 is 3.04 bits per heavy atom. The zero-order valence-corrected chi connectivity index (χ0v) is 13.8. The zero-order chi connectivity index (χ0) is 16.8. The molecule has 1 aromatic carbocycles. The molecule has 1 unspecified atom stereocenters. The highest BCUT2D eigenvalue weighted by molar-refractivity contribution is 5.79. The number of nitrogens with one attached hydrogen (secondary N) is 1. The molecule has 1 N–H and O–H groups in total. The van der Waals surface area contributed by atoms with Crippen molar-refractivity contribution in [1.82, 2.24) is 15.3 Å². The number of hydrogen-bond donors (Lipinski definition) is 1. The maximum absolute atomic E-state index is 12.4. The Labute approximate surface area is 141 Å². The molecular formula is C18H22N4O2. The second kappa shape index (κ2) is 7.77. The molecule has 3 rings (SSSR count). The molecule has 0 spiro atoms. The van der Waals surface area contributed by atoms with Crippen molar-refractivity contribution in [2.45, 2.75) is 25.3 Å². The second-order valence-electron chi connectivity index (χ2n) is 5.90. The number of nitrogens with zero attached hydrogens (tertiary/aromatic N) is 3. The van der Waals surface area contributed by atoms with Crippen LogP contribution in [0.2, 0.25) is 0 Å². The van der Waals surface area contributed by atoms with Crippen LogP contribution in [0.25, 0.3) is 0 Å². The SMILES string of the molecule is COc1ccccc1CC(=O)NC1CCCN(c2cnccn2)C1. The molecule has 1 aliphatic rings. The van der Waals surface area contributed by atoms with Gasteiger partial charge in [0.2, 0.25) is 5.91 Å². The van der Waals surface area contributed by atoms with E-state index in [1.165, 1.54) is 0 Å². The first-order valence-corrected chi connectivity index (χ1v) is 8.18. The monoisotopic (exact) mass is 326 g/mol. The van der Waals surface area contributed by atoms with E-state index in [9.17, 15) is 4.79 Å². The fourth-order valence-corrected chi connectivity index (χ4v) is 3.06. The van der Waals surface area contributed by atoms with Gasteiger partial charge in [-0.05, 0) is 18.9 Å². The molecule has 6 heteroatoms. The molecule has 1 atom stereocenters. The van der Waals surface area contributed by atoms with E-state index in [0.29, 0.717) is 6.42 Å². The topological polar surface area (TPSA) is 67.3 Å². The van der Waals surface area contributed by atoms with Crippen LogP contribution in [0.4, 0.5) is 5.82 Å². The highest BCUT2D eigenvalue weighted by Crippen LogP contribution is 2.19. The molecule has 126 valence electrons. The summed E-state index contributed by atoms with van der Waals surface area (Å²) in [5, 5.41) is 3.13. The lowest BCUT2D eigenvalue weighted by Gasteiger charge is -2.33. The van der Waals surface area contributed by atoms with Gasteiger partial charge in [0, 0.05) is 37.1 Å². The highest BCUT2D eigenvalue weighted by Gasteiger charge is 2.22. The van der Waals surface area contributed by atoms with Gasteiger partial charge in [0.05, 0.1) is 19.7 Å². The van der Waals surface area contributed by atoms with E-state index in [1.807, 2.05) is 24.3 Å². The number of benzene rings is 1. The summed E-state index contributed by atoms with van der Waals surface area (Å²) < 4.78 is 5.31. The normalized spacial score (nSPS) is 17.4. The molecule has 24 heavy (non-hydrogen) atoms. The molecule has 1 amide bonds. The number of piperidine rings is 1. The molecule has 1 fully saturated rings. The lowest BCUT2D eigenvalue weighted by molar-refractivity contribution is -0.121. The third-order valence-corrected chi connectivity index (χ3v) is 4.20. The van der Waals surface area contributed by atoms with Crippen LogP contribution in [0.5, 0.6) is 5.75 Å². The van der Waals surface area contributed by atoms with Gasteiger partial charge in [0.15, 0.2) is 0 Å². The minimum absolute atomic E-state index is 0.0190. The smallest absolute Gasteiger partial charge is 0.224 e. The van der Waals surface area contributed by atoms with E-state index in [-0.39, 0.29) is 11.9 Å². The quantitative estimate of drug-likeness (QED) is 0.908. The van der Waals surface area contributed by atoms with Gasteiger partial charge >= 0.3 is 0 Å². The average molecular weight is 326 g/mol. The van der Waals surface area contributed by atoms with Crippen molar-refractivity contribution in [3.05, 3.63) is 48.4 Å². The van der Waals surface area contributed by atoms with Gasteiger partial charge in [-0.3, -0.25) is 9.78 Å². The molecular weight excluding hydrogens is 304 g/mol. The third-order valence-electron chi connectivity index (χ3n) is 4.20.